The Hall–Kier alpha value is -3.86. The molecule has 3 aromatic carbocycles. The number of carbonyl (C=O) groups excluding carboxylic acids is 2. The molecule has 0 saturated heterocycles. The third-order valence-electron chi connectivity index (χ3n) is 7.11. The molecular formula is C31H33N3O2. The van der Waals surface area contributed by atoms with Crippen molar-refractivity contribution in [2.75, 3.05) is 29.2 Å². The highest BCUT2D eigenvalue weighted by molar-refractivity contribution is 6.02. The van der Waals surface area contributed by atoms with Crippen molar-refractivity contribution < 1.29 is 9.59 Å². The molecule has 1 N–H and O–H groups in total. The van der Waals surface area contributed by atoms with Crippen LogP contribution in [0.15, 0.2) is 90.6 Å². The van der Waals surface area contributed by atoms with Crippen molar-refractivity contribution in [2.24, 2.45) is 11.3 Å². The quantitative estimate of drug-likeness (QED) is 0.499. The van der Waals surface area contributed by atoms with Gasteiger partial charge in [0.1, 0.15) is 5.78 Å². The molecule has 0 aromatic heterocycles. The first-order valence-electron chi connectivity index (χ1n) is 12.5. The van der Waals surface area contributed by atoms with Gasteiger partial charge >= 0.3 is 0 Å². The molecule has 0 saturated carbocycles. The lowest BCUT2D eigenvalue weighted by molar-refractivity contribution is -0.125. The molecule has 0 radical (unpaired) electrons. The molecule has 184 valence electrons. The van der Waals surface area contributed by atoms with Gasteiger partial charge in [-0.2, -0.15) is 0 Å². The maximum atomic E-state index is 14.1. The lowest BCUT2D eigenvalue weighted by Crippen LogP contribution is -2.44. The summed E-state index contributed by atoms with van der Waals surface area (Å²) in [5.41, 5.74) is 5.22. The van der Waals surface area contributed by atoms with Gasteiger partial charge in [0.25, 0.3) is 0 Å². The average molecular weight is 480 g/mol. The van der Waals surface area contributed by atoms with E-state index in [1.54, 1.807) is 0 Å². The Morgan fingerprint density at radius 2 is 1.64 bits per heavy atom. The second kappa shape index (κ2) is 9.30. The highest BCUT2D eigenvalue weighted by Gasteiger charge is 2.46. The number of nitrogens with zero attached hydrogens (tertiary/aromatic N) is 2. The minimum absolute atomic E-state index is 0.0315. The number of ketones is 1. The average Bonchev–Trinajstić information content (AvgIpc) is 2.98. The highest BCUT2D eigenvalue weighted by atomic mass is 16.2. The number of Topliss-reactive ketones (excluding diaryl/α,β-unsaturated/α-hetero) is 1. The van der Waals surface area contributed by atoms with Crippen molar-refractivity contribution in [3.05, 3.63) is 102 Å². The molecule has 0 bridgehead atoms. The van der Waals surface area contributed by atoms with Gasteiger partial charge < -0.3 is 15.1 Å². The number of amides is 1. The second-order valence-corrected chi connectivity index (χ2v) is 10.7. The molecular weight excluding hydrogens is 446 g/mol. The number of allylic oxidation sites excluding steroid dienone is 1. The molecule has 5 heteroatoms. The van der Waals surface area contributed by atoms with Crippen molar-refractivity contribution in [1.29, 1.82) is 0 Å². The van der Waals surface area contributed by atoms with Gasteiger partial charge in [0.05, 0.1) is 29.8 Å². The SMILES string of the molecule is CN(C)c1ccc([C@@H]2[C@@H]3C(=O)CC(C)(C)C=C3Nc3ccccc3N2C(=O)Cc2ccccc2)cc1. The van der Waals surface area contributed by atoms with Crippen LogP contribution >= 0.6 is 0 Å². The van der Waals surface area contributed by atoms with Gasteiger partial charge in [0.2, 0.25) is 5.91 Å². The summed E-state index contributed by atoms with van der Waals surface area (Å²) in [6.45, 7) is 4.18. The molecule has 0 spiro atoms. The van der Waals surface area contributed by atoms with Crippen LogP contribution in [0.5, 0.6) is 0 Å². The third kappa shape index (κ3) is 4.53. The summed E-state index contributed by atoms with van der Waals surface area (Å²) in [5, 5.41) is 3.56. The Labute approximate surface area is 213 Å². The predicted molar refractivity (Wildman–Crippen MR) is 146 cm³/mol. The first-order chi connectivity index (χ1) is 17.2. The predicted octanol–water partition coefficient (Wildman–Crippen LogP) is 5.99. The van der Waals surface area contributed by atoms with Crippen LogP contribution in [0.3, 0.4) is 0 Å². The fourth-order valence-corrected chi connectivity index (χ4v) is 5.45. The van der Waals surface area contributed by atoms with Crippen molar-refractivity contribution in [2.45, 2.75) is 32.7 Å². The Morgan fingerprint density at radius 1 is 0.972 bits per heavy atom. The van der Waals surface area contributed by atoms with Gasteiger partial charge in [0.15, 0.2) is 0 Å². The van der Waals surface area contributed by atoms with Crippen molar-refractivity contribution in [3.63, 3.8) is 0 Å². The molecule has 1 heterocycles. The summed E-state index contributed by atoms with van der Waals surface area (Å²) in [6.07, 6.45) is 2.88. The van der Waals surface area contributed by atoms with Crippen LogP contribution in [0.2, 0.25) is 0 Å². The number of nitrogens with one attached hydrogen (secondary N) is 1. The smallest absolute Gasteiger partial charge is 0.232 e. The van der Waals surface area contributed by atoms with Crippen LogP contribution < -0.4 is 15.1 Å². The summed E-state index contributed by atoms with van der Waals surface area (Å²) >= 11 is 0. The summed E-state index contributed by atoms with van der Waals surface area (Å²) in [6, 6.07) is 25.4. The van der Waals surface area contributed by atoms with Gasteiger partial charge in [-0.05, 0) is 40.8 Å². The molecule has 5 rings (SSSR count). The van der Waals surface area contributed by atoms with E-state index in [0.717, 1.165) is 33.9 Å². The van der Waals surface area contributed by atoms with Crippen LogP contribution in [-0.4, -0.2) is 25.8 Å². The third-order valence-corrected chi connectivity index (χ3v) is 7.11. The van der Waals surface area contributed by atoms with Crippen molar-refractivity contribution in [3.8, 4) is 0 Å². The Morgan fingerprint density at radius 3 is 2.33 bits per heavy atom. The molecule has 5 nitrogen and oxygen atoms in total. The van der Waals surface area contributed by atoms with E-state index in [4.69, 9.17) is 0 Å². The van der Waals surface area contributed by atoms with E-state index in [1.807, 2.05) is 78.5 Å². The molecule has 1 amide bonds. The number of benzene rings is 3. The number of hydrogen-bond acceptors (Lipinski definition) is 4. The summed E-state index contributed by atoms with van der Waals surface area (Å²) in [7, 11) is 4.01. The van der Waals surface area contributed by atoms with Gasteiger partial charge in [-0.25, -0.2) is 0 Å². The van der Waals surface area contributed by atoms with E-state index in [1.165, 1.54) is 0 Å². The zero-order valence-corrected chi connectivity index (χ0v) is 21.4. The molecule has 2 aliphatic rings. The monoisotopic (exact) mass is 479 g/mol. The van der Waals surface area contributed by atoms with Crippen molar-refractivity contribution in [1.82, 2.24) is 0 Å². The molecule has 3 aromatic rings. The number of anilines is 3. The maximum Gasteiger partial charge on any atom is 0.232 e. The van der Waals surface area contributed by atoms with E-state index in [0.29, 0.717) is 6.42 Å². The second-order valence-electron chi connectivity index (χ2n) is 10.7. The molecule has 0 unspecified atom stereocenters. The summed E-state index contributed by atoms with van der Waals surface area (Å²) < 4.78 is 0. The van der Waals surface area contributed by atoms with Crippen LogP contribution in [0.4, 0.5) is 17.1 Å². The van der Waals surface area contributed by atoms with E-state index in [2.05, 4.69) is 49.5 Å². The number of carbonyl (C=O) groups is 2. The first kappa shape index (κ1) is 23.9. The van der Waals surface area contributed by atoms with E-state index in [9.17, 15) is 9.59 Å². The fourth-order valence-electron chi connectivity index (χ4n) is 5.45. The topological polar surface area (TPSA) is 52.7 Å². The van der Waals surface area contributed by atoms with E-state index >= 15 is 0 Å². The van der Waals surface area contributed by atoms with Crippen LogP contribution in [0, 0.1) is 11.3 Å². The first-order valence-corrected chi connectivity index (χ1v) is 12.5. The molecule has 36 heavy (non-hydrogen) atoms. The zero-order chi connectivity index (χ0) is 25.4. The fraction of sp³-hybridized carbons (Fsp3) is 0.290. The Balaban J connectivity index is 1.70. The number of para-hydroxylation sites is 2. The van der Waals surface area contributed by atoms with E-state index < -0.39 is 12.0 Å². The Bertz CT molecular complexity index is 1310. The van der Waals surface area contributed by atoms with E-state index in [-0.39, 0.29) is 23.5 Å². The number of hydrogen-bond donors (Lipinski definition) is 1. The van der Waals surface area contributed by atoms with Gasteiger partial charge in [-0.3, -0.25) is 9.59 Å². The maximum absolute atomic E-state index is 14.1. The molecule has 2 atom stereocenters. The van der Waals surface area contributed by atoms with Gasteiger partial charge in [-0.15, -0.1) is 0 Å². The standard InChI is InChI=1S/C31H33N3O2/c1-31(2)19-25-29(27(35)20-31)30(22-14-16-23(17-15-22)33(3)4)34(26-13-9-8-12-24(26)32-25)28(36)18-21-10-6-5-7-11-21/h5-17,19,29-30,32H,18,20H2,1-4H3/t29-,30+/m0/s1. The largest absolute Gasteiger partial charge is 0.378 e. The van der Waals surface area contributed by atoms with Crippen molar-refractivity contribution >= 4 is 28.8 Å². The van der Waals surface area contributed by atoms with Crippen LogP contribution in [0.1, 0.15) is 37.4 Å². The summed E-state index contributed by atoms with van der Waals surface area (Å²) in [5.74, 6) is -0.358. The normalized spacial score (nSPS) is 20.4. The zero-order valence-electron chi connectivity index (χ0n) is 21.4. The number of rotatable bonds is 4. The van der Waals surface area contributed by atoms with Crippen LogP contribution in [0.25, 0.3) is 0 Å². The molecule has 1 aliphatic carbocycles. The summed E-state index contributed by atoms with van der Waals surface area (Å²) in [4.78, 5) is 31.8. The van der Waals surface area contributed by atoms with Crippen LogP contribution in [-0.2, 0) is 16.0 Å². The Kier molecular flexibility index (Phi) is 6.17. The number of fused-ring (bicyclic) bond motifs is 2. The molecule has 1 aliphatic heterocycles. The minimum atomic E-state index is -0.477. The lowest BCUT2D eigenvalue weighted by atomic mass is 9.72. The minimum Gasteiger partial charge on any atom is -0.378 e. The lowest BCUT2D eigenvalue weighted by Gasteiger charge is -2.39. The molecule has 0 fully saturated rings. The highest BCUT2D eigenvalue weighted by Crippen LogP contribution is 2.48. The van der Waals surface area contributed by atoms with Gasteiger partial charge in [0, 0.05) is 31.9 Å². The van der Waals surface area contributed by atoms with Gasteiger partial charge in [-0.1, -0.05) is 74.5 Å².